The monoisotopic (exact) mass is 599 g/mol. The molecule has 0 saturated heterocycles. The number of hydrogen-bond donors (Lipinski definition) is 0. The molecule has 0 aliphatic heterocycles. The third kappa shape index (κ3) is 2.91. The van der Waals surface area contributed by atoms with Gasteiger partial charge in [-0.15, -0.1) is 0 Å². The van der Waals surface area contributed by atoms with Gasteiger partial charge in [0.2, 0.25) is 0 Å². The van der Waals surface area contributed by atoms with E-state index in [-0.39, 0.29) is 5.63 Å². The minimum Gasteiger partial charge on any atom is -0.420 e. The van der Waals surface area contributed by atoms with Gasteiger partial charge >= 0.3 is 5.63 Å². The van der Waals surface area contributed by atoms with E-state index < -0.39 is 5.41 Å². The quantitative estimate of drug-likeness (QED) is 0.139. The second-order valence-electron chi connectivity index (χ2n) is 12.7. The van der Waals surface area contributed by atoms with Gasteiger partial charge in [0.25, 0.3) is 0 Å². The molecule has 2 aromatic heterocycles. The fourth-order valence-corrected chi connectivity index (χ4v) is 8.95. The van der Waals surface area contributed by atoms with Crippen LogP contribution in [0.5, 0.6) is 0 Å². The van der Waals surface area contributed by atoms with Crippen molar-refractivity contribution in [2.24, 2.45) is 0 Å². The molecule has 7 aromatic carbocycles. The van der Waals surface area contributed by atoms with Gasteiger partial charge in [-0.25, -0.2) is 4.79 Å². The molecule has 2 aliphatic rings. The first-order valence-electron chi connectivity index (χ1n) is 16.1. The average Bonchev–Trinajstić information content (AvgIpc) is 3.73. The van der Waals surface area contributed by atoms with Gasteiger partial charge in [0.15, 0.2) is 5.58 Å². The van der Waals surface area contributed by atoms with Crippen molar-refractivity contribution in [1.29, 1.82) is 0 Å². The van der Waals surface area contributed by atoms with Crippen molar-refractivity contribution in [3.8, 4) is 27.9 Å². The van der Waals surface area contributed by atoms with E-state index in [9.17, 15) is 4.79 Å². The number of fused-ring (bicyclic) bond motifs is 17. The molecule has 3 heteroatoms. The smallest absolute Gasteiger partial charge is 0.344 e. The second-order valence-corrected chi connectivity index (χ2v) is 12.7. The number of aromatic nitrogens is 1. The van der Waals surface area contributed by atoms with Crippen LogP contribution in [-0.2, 0) is 5.41 Å². The van der Waals surface area contributed by atoms with Crippen LogP contribution >= 0.6 is 0 Å². The Bertz CT molecular complexity index is 2840. The Morgan fingerprint density at radius 1 is 0.447 bits per heavy atom. The third-order valence-corrected chi connectivity index (χ3v) is 10.7. The molecular weight excluding hydrogens is 574 g/mol. The Balaban J connectivity index is 1.36. The highest BCUT2D eigenvalue weighted by Crippen LogP contribution is 2.64. The van der Waals surface area contributed by atoms with Crippen LogP contribution in [0, 0.1) is 0 Å². The lowest BCUT2D eigenvalue weighted by Gasteiger charge is -2.30. The van der Waals surface area contributed by atoms with Gasteiger partial charge in [-0.2, -0.15) is 0 Å². The second kappa shape index (κ2) is 8.74. The summed E-state index contributed by atoms with van der Waals surface area (Å²) in [5.74, 6) is 0. The SMILES string of the molecule is O=c1oc2c(-n3c4ccccc4c4ccc5c(c43)-c3ccccc3C53c4ccccc4-c4ccccc43)cccc2c2ccccc12. The molecule has 0 amide bonds. The van der Waals surface area contributed by atoms with E-state index in [1.54, 1.807) is 0 Å². The number of benzene rings is 7. The predicted octanol–water partition coefficient (Wildman–Crippen LogP) is 10.4. The van der Waals surface area contributed by atoms with E-state index in [2.05, 4.69) is 132 Å². The van der Waals surface area contributed by atoms with Crippen LogP contribution in [0.1, 0.15) is 22.3 Å². The van der Waals surface area contributed by atoms with Gasteiger partial charge in [0, 0.05) is 21.7 Å². The molecule has 0 saturated carbocycles. The Hall–Kier alpha value is -6.19. The molecule has 9 aromatic rings. The first-order valence-corrected chi connectivity index (χ1v) is 16.1. The van der Waals surface area contributed by atoms with Crippen LogP contribution in [-0.4, -0.2) is 4.57 Å². The zero-order valence-electron chi connectivity index (χ0n) is 25.2. The standard InChI is InChI=1S/C44H25NO2/c46-43-32-16-2-1-12-26(32)31-18-11-23-39(42(31)47-43)45-38-22-10-6-15-29(38)30-24-25-37-40(41(30)45)33-17-5-9-21-36(33)44(37)34-19-7-3-13-27(34)28-14-4-8-20-35(28)44/h1-25H. The molecular formula is C44H25NO2. The highest BCUT2D eigenvalue weighted by atomic mass is 16.4. The number of hydrogen-bond acceptors (Lipinski definition) is 2. The third-order valence-electron chi connectivity index (χ3n) is 10.7. The van der Waals surface area contributed by atoms with Crippen molar-refractivity contribution >= 4 is 43.5 Å². The molecule has 3 nitrogen and oxygen atoms in total. The van der Waals surface area contributed by atoms with E-state index in [0.29, 0.717) is 11.0 Å². The molecule has 0 N–H and O–H groups in total. The van der Waals surface area contributed by atoms with Crippen molar-refractivity contribution in [3.63, 3.8) is 0 Å². The molecule has 0 fully saturated rings. The molecule has 2 aliphatic carbocycles. The van der Waals surface area contributed by atoms with Crippen LogP contribution in [0.4, 0.5) is 0 Å². The minimum atomic E-state index is -0.448. The van der Waals surface area contributed by atoms with E-state index >= 15 is 0 Å². The van der Waals surface area contributed by atoms with Crippen molar-refractivity contribution in [2.75, 3.05) is 0 Å². The van der Waals surface area contributed by atoms with Gasteiger partial charge in [0.1, 0.15) is 0 Å². The highest BCUT2D eigenvalue weighted by Gasteiger charge is 2.52. The zero-order chi connectivity index (χ0) is 30.9. The van der Waals surface area contributed by atoms with E-state index in [0.717, 1.165) is 32.9 Å². The minimum absolute atomic E-state index is 0.324. The predicted molar refractivity (Wildman–Crippen MR) is 191 cm³/mol. The summed E-state index contributed by atoms with van der Waals surface area (Å²) in [7, 11) is 0. The molecule has 218 valence electrons. The maximum absolute atomic E-state index is 13.4. The molecule has 0 atom stereocenters. The summed E-state index contributed by atoms with van der Waals surface area (Å²) in [6, 6.07) is 53.9. The highest BCUT2D eigenvalue weighted by molar-refractivity contribution is 6.18. The fraction of sp³-hybridized carbons (Fsp3) is 0.0227. The molecule has 11 rings (SSSR count). The first kappa shape index (κ1) is 25.1. The lowest BCUT2D eigenvalue weighted by Crippen LogP contribution is -2.25. The van der Waals surface area contributed by atoms with Gasteiger partial charge < -0.3 is 8.98 Å². The fourth-order valence-electron chi connectivity index (χ4n) is 8.95. The largest absolute Gasteiger partial charge is 0.420 e. The van der Waals surface area contributed by atoms with Gasteiger partial charge in [-0.1, -0.05) is 133 Å². The number of para-hydroxylation sites is 2. The van der Waals surface area contributed by atoms with E-state index in [4.69, 9.17) is 4.42 Å². The summed E-state index contributed by atoms with van der Waals surface area (Å²) in [4.78, 5) is 13.4. The maximum Gasteiger partial charge on any atom is 0.344 e. The Labute approximate surface area is 269 Å². The van der Waals surface area contributed by atoms with Crippen molar-refractivity contribution in [1.82, 2.24) is 4.57 Å². The summed E-state index contributed by atoms with van der Waals surface area (Å²) in [5, 5.41) is 4.75. The maximum atomic E-state index is 13.4. The molecule has 2 heterocycles. The summed E-state index contributed by atoms with van der Waals surface area (Å²) in [5.41, 5.74) is 13.1. The van der Waals surface area contributed by atoms with Crippen LogP contribution in [0.25, 0.3) is 71.5 Å². The van der Waals surface area contributed by atoms with E-state index in [1.165, 1.54) is 49.9 Å². The zero-order valence-corrected chi connectivity index (χ0v) is 25.2. The Morgan fingerprint density at radius 3 is 1.77 bits per heavy atom. The van der Waals surface area contributed by atoms with Gasteiger partial charge in [-0.05, 0) is 62.5 Å². The Morgan fingerprint density at radius 2 is 1.02 bits per heavy atom. The molecule has 0 bridgehead atoms. The molecule has 47 heavy (non-hydrogen) atoms. The number of nitrogens with zero attached hydrogens (tertiary/aromatic N) is 1. The summed E-state index contributed by atoms with van der Waals surface area (Å²) < 4.78 is 8.57. The van der Waals surface area contributed by atoms with Crippen LogP contribution in [0.2, 0.25) is 0 Å². The molecule has 1 spiro atoms. The lowest BCUT2D eigenvalue weighted by atomic mass is 9.70. The molecule has 0 radical (unpaired) electrons. The summed E-state index contributed by atoms with van der Waals surface area (Å²) >= 11 is 0. The van der Waals surface area contributed by atoms with E-state index in [1.807, 2.05) is 24.3 Å². The number of rotatable bonds is 1. The summed E-state index contributed by atoms with van der Waals surface area (Å²) in [6.45, 7) is 0. The first-order chi connectivity index (χ1) is 23.3. The van der Waals surface area contributed by atoms with Crippen LogP contribution < -0.4 is 5.63 Å². The average molecular weight is 600 g/mol. The van der Waals surface area contributed by atoms with Gasteiger partial charge in [0.05, 0.1) is 27.5 Å². The topological polar surface area (TPSA) is 35.1 Å². The normalized spacial score (nSPS) is 13.8. The van der Waals surface area contributed by atoms with Crippen molar-refractivity contribution < 1.29 is 4.42 Å². The van der Waals surface area contributed by atoms with Crippen LogP contribution in [0.15, 0.2) is 161 Å². The lowest BCUT2D eigenvalue weighted by molar-refractivity contribution is 0.568. The van der Waals surface area contributed by atoms with Gasteiger partial charge in [-0.3, -0.25) is 0 Å². The summed E-state index contributed by atoms with van der Waals surface area (Å²) in [6.07, 6.45) is 0. The van der Waals surface area contributed by atoms with Crippen molar-refractivity contribution in [2.45, 2.75) is 5.41 Å². The van der Waals surface area contributed by atoms with Crippen LogP contribution in [0.3, 0.4) is 0 Å². The Kier molecular flexibility index (Phi) is 4.66. The van der Waals surface area contributed by atoms with Crippen molar-refractivity contribution in [3.05, 3.63) is 184 Å². The molecule has 0 unspecified atom stereocenters.